The van der Waals surface area contributed by atoms with Gasteiger partial charge in [-0.15, -0.1) is 0 Å². The second-order valence-corrected chi connectivity index (χ2v) is 8.79. The molecule has 0 bridgehead atoms. The van der Waals surface area contributed by atoms with E-state index in [0.717, 1.165) is 17.5 Å². The van der Waals surface area contributed by atoms with E-state index in [1.165, 1.54) is 0 Å². The lowest BCUT2D eigenvalue weighted by Gasteiger charge is -2.31. The Hall–Kier alpha value is -2.44. The molecule has 178 valence electrons. The van der Waals surface area contributed by atoms with E-state index < -0.39 is 6.04 Å². The molecule has 1 N–H and O–H groups in total. The number of hydrogen-bond donors (Lipinski definition) is 1. The van der Waals surface area contributed by atoms with E-state index in [4.69, 9.17) is 32.7 Å². The average Bonchev–Trinajstić information content (AvgIpc) is 2.82. The van der Waals surface area contributed by atoms with Gasteiger partial charge in [0.25, 0.3) is 0 Å². The van der Waals surface area contributed by atoms with Crippen molar-refractivity contribution in [3.8, 4) is 11.5 Å². The van der Waals surface area contributed by atoms with Gasteiger partial charge in [0.05, 0.1) is 0 Å². The van der Waals surface area contributed by atoms with Crippen LogP contribution in [-0.2, 0) is 22.6 Å². The van der Waals surface area contributed by atoms with Crippen molar-refractivity contribution < 1.29 is 19.1 Å². The molecule has 1 aliphatic heterocycles. The van der Waals surface area contributed by atoms with Crippen molar-refractivity contribution in [3.63, 3.8) is 0 Å². The van der Waals surface area contributed by atoms with Crippen LogP contribution in [0.4, 0.5) is 0 Å². The molecule has 2 amide bonds. The summed E-state index contributed by atoms with van der Waals surface area (Å²) in [6.45, 7) is 5.73. The van der Waals surface area contributed by atoms with Crippen LogP contribution >= 0.6 is 23.2 Å². The Morgan fingerprint density at radius 1 is 1.06 bits per heavy atom. The third kappa shape index (κ3) is 6.78. The Morgan fingerprint density at radius 2 is 1.82 bits per heavy atom. The van der Waals surface area contributed by atoms with Gasteiger partial charge in [0.2, 0.25) is 11.8 Å². The number of benzene rings is 2. The van der Waals surface area contributed by atoms with E-state index in [2.05, 4.69) is 5.32 Å². The second-order valence-electron chi connectivity index (χ2n) is 7.95. The molecule has 0 radical (unpaired) electrons. The van der Waals surface area contributed by atoms with Crippen molar-refractivity contribution in [3.05, 3.63) is 57.6 Å². The van der Waals surface area contributed by atoms with Crippen LogP contribution in [-0.4, -0.2) is 42.5 Å². The first-order chi connectivity index (χ1) is 15.9. The highest BCUT2D eigenvalue weighted by Crippen LogP contribution is 2.31. The van der Waals surface area contributed by atoms with Crippen molar-refractivity contribution >= 4 is 35.0 Å². The molecule has 1 atom stereocenters. The van der Waals surface area contributed by atoms with Crippen LogP contribution in [0.3, 0.4) is 0 Å². The number of nitrogens with one attached hydrogen (secondary N) is 1. The summed E-state index contributed by atoms with van der Waals surface area (Å²) >= 11 is 12.4. The predicted molar refractivity (Wildman–Crippen MR) is 130 cm³/mol. The molecule has 0 aliphatic carbocycles. The lowest BCUT2D eigenvalue weighted by molar-refractivity contribution is -0.141. The van der Waals surface area contributed by atoms with Crippen LogP contribution in [0.2, 0.25) is 10.0 Å². The molecule has 1 aliphatic rings. The predicted octanol–water partition coefficient (Wildman–Crippen LogP) is 5.03. The molecule has 0 saturated carbocycles. The molecule has 0 fully saturated rings. The van der Waals surface area contributed by atoms with Crippen LogP contribution in [0.25, 0.3) is 0 Å². The number of aryl methyl sites for hydroxylation is 1. The van der Waals surface area contributed by atoms with E-state index in [1.807, 2.05) is 32.0 Å². The fourth-order valence-electron chi connectivity index (χ4n) is 3.76. The van der Waals surface area contributed by atoms with Crippen LogP contribution in [0.15, 0.2) is 36.4 Å². The third-order valence-corrected chi connectivity index (χ3v) is 6.11. The highest BCUT2D eigenvalue weighted by atomic mass is 35.5. The molecule has 33 heavy (non-hydrogen) atoms. The van der Waals surface area contributed by atoms with Gasteiger partial charge in [-0.2, -0.15) is 0 Å². The van der Waals surface area contributed by atoms with Crippen molar-refractivity contribution in [2.75, 3.05) is 19.8 Å². The van der Waals surface area contributed by atoms with Gasteiger partial charge < -0.3 is 19.7 Å². The summed E-state index contributed by atoms with van der Waals surface area (Å²) in [5, 5.41) is 3.91. The molecule has 0 aromatic heterocycles. The van der Waals surface area contributed by atoms with E-state index in [9.17, 15) is 9.59 Å². The maximum absolute atomic E-state index is 13.4. The highest BCUT2D eigenvalue weighted by Gasteiger charge is 2.29. The molecule has 1 heterocycles. The van der Waals surface area contributed by atoms with Gasteiger partial charge in [-0.05, 0) is 54.7 Å². The summed E-state index contributed by atoms with van der Waals surface area (Å²) in [7, 11) is 0. The SMILES string of the molecule is CCCNC(=O)[C@H](CC)N(Cc1ccc(Cl)cc1Cl)C(=O)CCc1ccc2c(c1)OCCO2. The van der Waals surface area contributed by atoms with E-state index >= 15 is 0 Å². The van der Waals surface area contributed by atoms with E-state index in [1.54, 1.807) is 23.1 Å². The fourth-order valence-corrected chi connectivity index (χ4v) is 4.23. The zero-order valence-electron chi connectivity index (χ0n) is 19.0. The first kappa shape index (κ1) is 25.2. The van der Waals surface area contributed by atoms with Gasteiger partial charge in [-0.1, -0.05) is 49.2 Å². The summed E-state index contributed by atoms with van der Waals surface area (Å²) in [6.07, 6.45) is 2.09. The Balaban J connectivity index is 1.77. The van der Waals surface area contributed by atoms with Gasteiger partial charge in [0.15, 0.2) is 11.5 Å². The smallest absolute Gasteiger partial charge is 0.242 e. The summed E-state index contributed by atoms with van der Waals surface area (Å²) < 4.78 is 11.2. The average molecular weight is 493 g/mol. The third-order valence-electron chi connectivity index (χ3n) is 5.53. The lowest BCUT2D eigenvalue weighted by atomic mass is 10.1. The summed E-state index contributed by atoms with van der Waals surface area (Å²) in [4.78, 5) is 27.9. The molecule has 8 heteroatoms. The van der Waals surface area contributed by atoms with E-state index in [0.29, 0.717) is 54.1 Å². The number of rotatable bonds is 10. The molecular weight excluding hydrogens is 463 g/mol. The molecule has 2 aromatic carbocycles. The quantitative estimate of drug-likeness (QED) is 0.504. The number of ether oxygens (including phenoxy) is 2. The van der Waals surface area contributed by atoms with Crippen LogP contribution in [0, 0.1) is 0 Å². The number of carbonyl (C=O) groups excluding carboxylic acids is 2. The van der Waals surface area contributed by atoms with Crippen LogP contribution < -0.4 is 14.8 Å². The van der Waals surface area contributed by atoms with Gasteiger partial charge in [-0.3, -0.25) is 9.59 Å². The van der Waals surface area contributed by atoms with Crippen LogP contribution in [0.5, 0.6) is 11.5 Å². The van der Waals surface area contributed by atoms with Crippen LogP contribution in [0.1, 0.15) is 44.2 Å². The molecule has 6 nitrogen and oxygen atoms in total. The molecule has 0 saturated heterocycles. The monoisotopic (exact) mass is 492 g/mol. The van der Waals surface area contributed by atoms with Crippen molar-refractivity contribution in [2.24, 2.45) is 0 Å². The highest BCUT2D eigenvalue weighted by molar-refractivity contribution is 6.35. The molecule has 2 aromatic rings. The Kier molecular flexibility index (Phi) is 9.27. The van der Waals surface area contributed by atoms with Crippen molar-refractivity contribution in [1.29, 1.82) is 0 Å². The van der Waals surface area contributed by atoms with Gasteiger partial charge in [0.1, 0.15) is 19.3 Å². The maximum atomic E-state index is 13.4. The van der Waals surface area contributed by atoms with Crippen molar-refractivity contribution in [1.82, 2.24) is 10.2 Å². The molecule has 0 spiro atoms. The Bertz CT molecular complexity index is 983. The largest absolute Gasteiger partial charge is 0.486 e. The number of nitrogens with zero attached hydrogens (tertiary/aromatic N) is 1. The zero-order valence-corrected chi connectivity index (χ0v) is 20.5. The minimum atomic E-state index is -0.587. The normalized spacial score (nSPS) is 13.3. The lowest BCUT2D eigenvalue weighted by Crippen LogP contribution is -2.49. The van der Waals surface area contributed by atoms with Gasteiger partial charge in [-0.25, -0.2) is 0 Å². The molecule has 3 rings (SSSR count). The summed E-state index contributed by atoms with van der Waals surface area (Å²) in [5.74, 6) is 1.14. The minimum absolute atomic E-state index is 0.116. The summed E-state index contributed by atoms with van der Waals surface area (Å²) in [5.41, 5.74) is 1.72. The number of amides is 2. The second kappa shape index (κ2) is 12.1. The van der Waals surface area contributed by atoms with Gasteiger partial charge >= 0.3 is 0 Å². The van der Waals surface area contributed by atoms with Gasteiger partial charge in [0, 0.05) is 29.6 Å². The zero-order chi connectivity index (χ0) is 23.8. The summed E-state index contributed by atoms with van der Waals surface area (Å²) in [6, 6.07) is 10.3. The Morgan fingerprint density at radius 3 is 2.52 bits per heavy atom. The van der Waals surface area contributed by atoms with E-state index in [-0.39, 0.29) is 24.8 Å². The molecule has 0 unspecified atom stereocenters. The first-order valence-corrected chi connectivity index (χ1v) is 12.1. The standard InChI is InChI=1S/C25H30Cl2N2O4/c1-3-11-28-25(31)21(4-2)29(16-18-7-8-19(26)15-20(18)27)24(30)10-6-17-5-9-22-23(14-17)33-13-12-32-22/h5,7-9,14-15,21H,3-4,6,10-13,16H2,1-2H3,(H,28,31)/t21-/m0/s1. The fraction of sp³-hybridized carbons (Fsp3) is 0.440. The topological polar surface area (TPSA) is 67.9 Å². The maximum Gasteiger partial charge on any atom is 0.242 e. The minimum Gasteiger partial charge on any atom is -0.486 e. The number of hydrogen-bond acceptors (Lipinski definition) is 4. The Labute approximate surface area is 205 Å². The molecular formula is C25H30Cl2N2O4. The van der Waals surface area contributed by atoms with Crippen molar-refractivity contribution in [2.45, 2.75) is 52.1 Å². The number of halogens is 2. The number of fused-ring (bicyclic) bond motifs is 1. The first-order valence-electron chi connectivity index (χ1n) is 11.3. The number of carbonyl (C=O) groups is 2.